The summed E-state index contributed by atoms with van der Waals surface area (Å²) in [6.45, 7) is 7.40. The van der Waals surface area contributed by atoms with Gasteiger partial charge in [0.25, 0.3) is 0 Å². The van der Waals surface area contributed by atoms with E-state index in [1.807, 2.05) is 18.7 Å². The number of aromatic nitrogens is 2. The maximum absolute atomic E-state index is 12.1. The number of ether oxygens (including phenoxy) is 1. The third kappa shape index (κ3) is 2.63. The summed E-state index contributed by atoms with van der Waals surface area (Å²) in [6.07, 6.45) is 1.47. The molecule has 1 fully saturated rings. The fourth-order valence-corrected chi connectivity index (χ4v) is 3.74. The van der Waals surface area contributed by atoms with Crippen LogP contribution in [-0.4, -0.2) is 53.1 Å². The van der Waals surface area contributed by atoms with Crippen molar-refractivity contribution >= 4 is 39.2 Å². The number of hydrogen-bond acceptors (Lipinski definition) is 7. The summed E-state index contributed by atoms with van der Waals surface area (Å²) in [5.74, 6) is 0.438. The third-order valence-corrected chi connectivity index (χ3v) is 5.05. The van der Waals surface area contributed by atoms with Gasteiger partial charge in [0.05, 0.1) is 18.7 Å². The largest absolute Gasteiger partial charge is 0.462 e. The van der Waals surface area contributed by atoms with E-state index in [9.17, 15) is 9.59 Å². The van der Waals surface area contributed by atoms with Crippen molar-refractivity contribution in [2.45, 2.75) is 20.8 Å². The van der Waals surface area contributed by atoms with E-state index in [0.29, 0.717) is 37.1 Å². The Kier molecular flexibility index (Phi) is 4.16. The van der Waals surface area contributed by atoms with Crippen LogP contribution >= 0.6 is 11.3 Å². The standard InChI is InChI=1S/C15H18N4O3S/c1-4-18-8-19(6-10(18)20)13-11-9(3)12(15(21)22-5-2)23-14(11)17-7-16-13/h7H,4-6,8H2,1-3H3. The van der Waals surface area contributed by atoms with Crippen LogP contribution in [0.1, 0.15) is 29.1 Å². The summed E-state index contributed by atoms with van der Waals surface area (Å²) in [7, 11) is 0. The van der Waals surface area contributed by atoms with Crippen LogP contribution in [0, 0.1) is 6.92 Å². The van der Waals surface area contributed by atoms with Crippen molar-refractivity contribution in [1.29, 1.82) is 0 Å². The molecule has 3 rings (SSSR count). The average molecular weight is 334 g/mol. The van der Waals surface area contributed by atoms with E-state index in [0.717, 1.165) is 15.8 Å². The Balaban J connectivity index is 2.05. The highest BCUT2D eigenvalue weighted by Crippen LogP contribution is 2.35. The molecule has 1 aliphatic rings. The number of nitrogens with zero attached hydrogens (tertiary/aromatic N) is 4. The minimum absolute atomic E-state index is 0.0813. The number of thiophene rings is 1. The second-order valence-corrected chi connectivity index (χ2v) is 6.24. The number of fused-ring (bicyclic) bond motifs is 1. The van der Waals surface area contributed by atoms with E-state index < -0.39 is 0 Å². The van der Waals surface area contributed by atoms with Gasteiger partial charge in [-0.2, -0.15) is 0 Å². The van der Waals surface area contributed by atoms with Crippen LogP contribution < -0.4 is 4.90 Å². The molecule has 0 atom stereocenters. The summed E-state index contributed by atoms with van der Waals surface area (Å²) < 4.78 is 5.10. The van der Waals surface area contributed by atoms with Gasteiger partial charge in [0.1, 0.15) is 28.4 Å². The van der Waals surface area contributed by atoms with Crippen LogP contribution in [0.2, 0.25) is 0 Å². The topological polar surface area (TPSA) is 75.6 Å². The summed E-state index contributed by atoms with van der Waals surface area (Å²) in [6, 6.07) is 0. The zero-order valence-corrected chi connectivity index (χ0v) is 14.1. The maximum Gasteiger partial charge on any atom is 0.348 e. The lowest BCUT2D eigenvalue weighted by Crippen LogP contribution is -2.27. The van der Waals surface area contributed by atoms with E-state index in [4.69, 9.17) is 4.74 Å². The minimum Gasteiger partial charge on any atom is -0.462 e. The second-order valence-electron chi connectivity index (χ2n) is 5.24. The maximum atomic E-state index is 12.1. The van der Waals surface area contributed by atoms with Gasteiger partial charge in [0.15, 0.2) is 0 Å². The Morgan fingerprint density at radius 3 is 2.83 bits per heavy atom. The molecule has 3 heterocycles. The van der Waals surface area contributed by atoms with Gasteiger partial charge in [-0.3, -0.25) is 4.79 Å². The highest BCUT2D eigenvalue weighted by Gasteiger charge is 2.30. The summed E-state index contributed by atoms with van der Waals surface area (Å²) in [4.78, 5) is 37.7. The van der Waals surface area contributed by atoms with E-state index >= 15 is 0 Å². The molecule has 8 heteroatoms. The molecule has 0 saturated carbocycles. The first kappa shape index (κ1) is 15.7. The lowest BCUT2D eigenvalue weighted by molar-refractivity contribution is -0.126. The SMILES string of the molecule is CCOC(=O)c1sc2ncnc(N3CC(=O)N(CC)C3)c2c1C. The predicted molar refractivity (Wildman–Crippen MR) is 87.7 cm³/mol. The summed E-state index contributed by atoms with van der Waals surface area (Å²) in [5, 5.41) is 0.825. The lowest BCUT2D eigenvalue weighted by atomic mass is 10.2. The molecule has 0 aliphatic carbocycles. The van der Waals surface area contributed by atoms with Gasteiger partial charge < -0.3 is 14.5 Å². The Morgan fingerprint density at radius 2 is 2.17 bits per heavy atom. The molecule has 0 spiro atoms. The van der Waals surface area contributed by atoms with Gasteiger partial charge in [-0.15, -0.1) is 11.3 Å². The van der Waals surface area contributed by atoms with Gasteiger partial charge in [-0.25, -0.2) is 14.8 Å². The monoisotopic (exact) mass is 334 g/mol. The minimum atomic E-state index is -0.341. The van der Waals surface area contributed by atoms with Crippen LogP contribution in [-0.2, 0) is 9.53 Å². The molecular weight excluding hydrogens is 316 g/mol. The van der Waals surface area contributed by atoms with Crippen LogP contribution in [0.15, 0.2) is 6.33 Å². The number of hydrogen-bond donors (Lipinski definition) is 0. The summed E-state index contributed by atoms with van der Waals surface area (Å²) >= 11 is 1.30. The molecule has 1 aliphatic heterocycles. The molecule has 0 radical (unpaired) electrons. The van der Waals surface area contributed by atoms with Crippen LogP contribution in [0.3, 0.4) is 0 Å². The van der Waals surface area contributed by atoms with Crippen molar-refractivity contribution < 1.29 is 14.3 Å². The first-order chi connectivity index (χ1) is 11.1. The van der Waals surface area contributed by atoms with Gasteiger partial charge in [0.2, 0.25) is 5.91 Å². The third-order valence-electron chi connectivity index (χ3n) is 3.87. The highest BCUT2D eigenvalue weighted by molar-refractivity contribution is 7.20. The first-order valence-corrected chi connectivity index (χ1v) is 8.32. The zero-order chi connectivity index (χ0) is 16.6. The van der Waals surface area contributed by atoms with Crippen molar-refractivity contribution in [1.82, 2.24) is 14.9 Å². The Bertz CT molecular complexity index is 773. The van der Waals surface area contributed by atoms with Crippen LogP contribution in [0.5, 0.6) is 0 Å². The first-order valence-electron chi connectivity index (χ1n) is 7.50. The Labute approximate surface area is 137 Å². The van der Waals surface area contributed by atoms with Crippen molar-refractivity contribution in [3.05, 3.63) is 16.8 Å². The van der Waals surface area contributed by atoms with E-state index in [1.54, 1.807) is 11.8 Å². The Morgan fingerprint density at radius 1 is 1.39 bits per heavy atom. The van der Waals surface area contributed by atoms with Crippen molar-refractivity contribution in [3.8, 4) is 0 Å². The molecule has 0 aromatic carbocycles. The van der Waals surface area contributed by atoms with Crippen molar-refractivity contribution in [3.63, 3.8) is 0 Å². The number of rotatable bonds is 4. The molecule has 1 saturated heterocycles. The quantitative estimate of drug-likeness (QED) is 0.794. The smallest absolute Gasteiger partial charge is 0.348 e. The molecule has 0 unspecified atom stereocenters. The number of aryl methyl sites for hydroxylation is 1. The molecule has 23 heavy (non-hydrogen) atoms. The predicted octanol–water partition coefficient (Wildman–Crippen LogP) is 1.80. The molecule has 7 nitrogen and oxygen atoms in total. The number of anilines is 1. The Hall–Kier alpha value is -2.22. The van der Waals surface area contributed by atoms with Gasteiger partial charge in [0, 0.05) is 6.54 Å². The van der Waals surface area contributed by atoms with E-state index in [-0.39, 0.29) is 11.9 Å². The van der Waals surface area contributed by atoms with E-state index in [1.165, 1.54) is 17.7 Å². The lowest BCUT2D eigenvalue weighted by Gasteiger charge is -2.18. The highest BCUT2D eigenvalue weighted by atomic mass is 32.1. The van der Waals surface area contributed by atoms with Gasteiger partial charge in [-0.1, -0.05) is 0 Å². The number of likely N-dealkylation sites (N-methyl/N-ethyl adjacent to an activating group) is 1. The second kappa shape index (κ2) is 6.11. The number of amides is 1. The van der Waals surface area contributed by atoms with E-state index in [2.05, 4.69) is 9.97 Å². The molecule has 0 N–H and O–H groups in total. The summed E-state index contributed by atoms with van der Waals surface area (Å²) in [5.41, 5.74) is 0.807. The van der Waals surface area contributed by atoms with Crippen molar-refractivity contribution in [2.75, 3.05) is 31.3 Å². The molecule has 1 amide bonds. The number of esters is 1. The fourth-order valence-electron chi connectivity index (χ4n) is 2.70. The molecular formula is C15H18N4O3S. The fraction of sp³-hybridized carbons (Fsp3) is 0.467. The molecule has 2 aromatic rings. The number of carbonyl (C=O) groups is 2. The zero-order valence-electron chi connectivity index (χ0n) is 13.3. The average Bonchev–Trinajstić information content (AvgIpc) is 3.08. The number of carbonyl (C=O) groups excluding carboxylic acids is 2. The van der Waals surface area contributed by atoms with Gasteiger partial charge >= 0.3 is 5.97 Å². The molecule has 0 bridgehead atoms. The van der Waals surface area contributed by atoms with Crippen molar-refractivity contribution in [2.24, 2.45) is 0 Å². The normalized spacial score (nSPS) is 14.8. The van der Waals surface area contributed by atoms with Crippen LogP contribution in [0.25, 0.3) is 10.2 Å². The van der Waals surface area contributed by atoms with Crippen LogP contribution in [0.4, 0.5) is 5.82 Å². The molecule has 122 valence electrons. The van der Waals surface area contributed by atoms with Gasteiger partial charge in [-0.05, 0) is 26.3 Å². The molecule has 2 aromatic heterocycles.